The van der Waals surface area contributed by atoms with E-state index in [1.54, 1.807) is 6.07 Å². The Morgan fingerprint density at radius 2 is 2.33 bits per heavy atom. The molecule has 0 amide bonds. The molecule has 0 saturated carbocycles. The van der Waals surface area contributed by atoms with Crippen molar-refractivity contribution in [2.75, 3.05) is 17.6 Å². The van der Waals surface area contributed by atoms with Crippen molar-refractivity contribution in [3.8, 4) is 0 Å². The van der Waals surface area contributed by atoms with Crippen molar-refractivity contribution in [1.82, 2.24) is 15.1 Å². The molecule has 0 bridgehead atoms. The Balaban J connectivity index is 1.83. The summed E-state index contributed by atoms with van der Waals surface area (Å²) in [7, 11) is 0. The smallest absolute Gasteiger partial charge is 0.228 e. The molecule has 0 fully saturated rings. The van der Waals surface area contributed by atoms with Gasteiger partial charge in [-0.15, -0.1) is 0 Å². The van der Waals surface area contributed by atoms with Crippen LogP contribution in [0.4, 0.5) is 11.6 Å². The summed E-state index contributed by atoms with van der Waals surface area (Å²) < 4.78 is 4.85. The molecule has 3 N–H and O–H groups in total. The molecule has 0 spiro atoms. The molecule has 15 heavy (non-hydrogen) atoms. The molecule has 0 radical (unpaired) electrons. The number of hydrogen-bond acceptors (Lipinski definition) is 6. The molecule has 2 heterocycles. The third kappa shape index (κ3) is 2.67. The summed E-state index contributed by atoms with van der Waals surface area (Å²) in [5.74, 6) is 1.85. The summed E-state index contributed by atoms with van der Waals surface area (Å²) in [6.45, 7) is 0.679. The maximum absolute atomic E-state index is 5.53. The monoisotopic (exact) mass is 205 g/mol. The van der Waals surface area contributed by atoms with Crippen LogP contribution in [0.15, 0.2) is 29.0 Å². The maximum atomic E-state index is 5.53. The summed E-state index contributed by atoms with van der Waals surface area (Å²) in [4.78, 5) is 7.99. The number of hydrogen-bond donors (Lipinski definition) is 2. The fourth-order valence-electron chi connectivity index (χ4n) is 1.15. The topological polar surface area (TPSA) is 89.9 Å². The van der Waals surface area contributed by atoms with Gasteiger partial charge in [-0.1, -0.05) is 11.2 Å². The number of nitrogens with zero attached hydrogens (tertiary/aromatic N) is 3. The highest BCUT2D eigenvalue weighted by atomic mass is 16.5. The lowest BCUT2D eigenvalue weighted by molar-refractivity contribution is 0.379. The van der Waals surface area contributed by atoms with E-state index >= 15 is 0 Å². The van der Waals surface area contributed by atoms with Crippen molar-refractivity contribution < 1.29 is 4.52 Å². The lowest BCUT2D eigenvalue weighted by atomic mass is 10.4. The van der Waals surface area contributed by atoms with Gasteiger partial charge in [0, 0.05) is 13.0 Å². The first-order valence-electron chi connectivity index (χ1n) is 4.56. The highest BCUT2D eigenvalue weighted by molar-refractivity contribution is 5.42. The molecule has 2 aromatic heterocycles. The average Bonchev–Trinajstić information content (AvgIpc) is 2.71. The fourth-order valence-corrected chi connectivity index (χ4v) is 1.15. The van der Waals surface area contributed by atoms with Gasteiger partial charge in [-0.25, -0.2) is 4.98 Å². The third-order valence-corrected chi connectivity index (χ3v) is 1.82. The van der Waals surface area contributed by atoms with E-state index < -0.39 is 0 Å². The van der Waals surface area contributed by atoms with Crippen molar-refractivity contribution in [3.05, 3.63) is 30.4 Å². The van der Waals surface area contributed by atoms with Crippen LogP contribution in [0, 0.1) is 0 Å². The van der Waals surface area contributed by atoms with Crippen molar-refractivity contribution >= 4 is 11.6 Å². The molecule has 0 aromatic carbocycles. The van der Waals surface area contributed by atoms with E-state index in [-0.39, 0.29) is 0 Å². The van der Waals surface area contributed by atoms with E-state index in [4.69, 9.17) is 10.3 Å². The van der Waals surface area contributed by atoms with E-state index in [1.807, 2.05) is 12.1 Å². The van der Waals surface area contributed by atoms with Crippen molar-refractivity contribution in [3.63, 3.8) is 0 Å². The Morgan fingerprint density at radius 1 is 1.40 bits per heavy atom. The lowest BCUT2D eigenvalue weighted by Gasteiger charge is -2.03. The first kappa shape index (κ1) is 9.45. The van der Waals surface area contributed by atoms with Crippen LogP contribution < -0.4 is 11.1 Å². The summed E-state index contributed by atoms with van der Waals surface area (Å²) >= 11 is 0. The number of nitrogen functional groups attached to an aromatic ring is 1. The van der Waals surface area contributed by atoms with Crippen LogP contribution in [0.5, 0.6) is 0 Å². The summed E-state index contributed by atoms with van der Waals surface area (Å²) in [6, 6.07) is 5.44. The number of aromatic nitrogens is 3. The molecule has 6 nitrogen and oxygen atoms in total. The third-order valence-electron chi connectivity index (χ3n) is 1.82. The molecule has 78 valence electrons. The van der Waals surface area contributed by atoms with Crippen LogP contribution >= 0.6 is 0 Å². The first-order valence-corrected chi connectivity index (χ1v) is 4.56. The maximum Gasteiger partial charge on any atom is 0.228 e. The highest BCUT2D eigenvalue weighted by Gasteiger charge is 1.99. The normalized spacial score (nSPS) is 10.1. The number of pyridine rings is 1. The molecular formula is C9H11N5O. The number of nitrogens with two attached hydrogens (primary N) is 1. The van der Waals surface area contributed by atoms with Gasteiger partial charge in [0.05, 0.1) is 0 Å². The molecule has 0 aliphatic rings. The van der Waals surface area contributed by atoms with E-state index in [1.165, 1.54) is 6.33 Å². The number of rotatable bonds is 4. The number of anilines is 2. The minimum atomic E-state index is 0.498. The minimum Gasteiger partial charge on any atom is -0.384 e. The predicted molar refractivity (Wildman–Crippen MR) is 55.1 cm³/mol. The van der Waals surface area contributed by atoms with Crippen LogP contribution in [-0.4, -0.2) is 21.7 Å². The minimum absolute atomic E-state index is 0.498. The molecule has 0 saturated heterocycles. The Bertz CT molecular complexity index is 414. The van der Waals surface area contributed by atoms with Gasteiger partial charge in [0.2, 0.25) is 5.89 Å². The van der Waals surface area contributed by atoms with Gasteiger partial charge in [-0.2, -0.15) is 4.98 Å². The molecule has 0 aliphatic carbocycles. The van der Waals surface area contributed by atoms with Gasteiger partial charge in [0.15, 0.2) is 6.33 Å². The van der Waals surface area contributed by atoms with Gasteiger partial charge >= 0.3 is 0 Å². The quantitative estimate of drug-likeness (QED) is 0.763. The standard InChI is InChI=1S/C9H11N5O/c10-7-2-1-3-8(14-7)11-5-4-9-12-6-13-15-9/h1-3,6H,4-5H2,(H3,10,11,14). The Hall–Kier alpha value is -2.11. The van der Waals surface area contributed by atoms with Crippen LogP contribution in [-0.2, 0) is 6.42 Å². The van der Waals surface area contributed by atoms with Crippen LogP contribution in [0.1, 0.15) is 5.89 Å². The van der Waals surface area contributed by atoms with Crippen molar-refractivity contribution in [1.29, 1.82) is 0 Å². The first-order chi connectivity index (χ1) is 7.34. The van der Waals surface area contributed by atoms with Crippen LogP contribution in [0.25, 0.3) is 0 Å². The van der Waals surface area contributed by atoms with Crippen LogP contribution in [0.3, 0.4) is 0 Å². The van der Waals surface area contributed by atoms with Gasteiger partial charge in [0.1, 0.15) is 11.6 Å². The van der Waals surface area contributed by atoms with Gasteiger partial charge in [0.25, 0.3) is 0 Å². The van der Waals surface area contributed by atoms with Crippen molar-refractivity contribution in [2.45, 2.75) is 6.42 Å². The summed E-state index contributed by atoms with van der Waals surface area (Å²) in [5, 5.41) is 6.62. The molecule has 2 rings (SSSR count). The zero-order valence-corrected chi connectivity index (χ0v) is 8.05. The highest BCUT2D eigenvalue weighted by Crippen LogP contribution is 2.05. The predicted octanol–water partition coefficient (Wildman–Crippen LogP) is 0.701. The van der Waals surface area contributed by atoms with Crippen LogP contribution in [0.2, 0.25) is 0 Å². The zero-order chi connectivity index (χ0) is 10.5. The molecule has 6 heteroatoms. The second kappa shape index (κ2) is 4.41. The second-order valence-corrected chi connectivity index (χ2v) is 2.96. The Labute approximate surface area is 86.5 Å². The Morgan fingerprint density at radius 3 is 3.07 bits per heavy atom. The van der Waals surface area contributed by atoms with Gasteiger partial charge in [-0.3, -0.25) is 0 Å². The van der Waals surface area contributed by atoms with Crippen molar-refractivity contribution in [2.24, 2.45) is 0 Å². The molecule has 0 aliphatic heterocycles. The summed E-state index contributed by atoms with van der Waals surface area (Å²) in [6.07, 6.45) is 2.05. The SMILES string of the molecule is Nc1cccc(NCCc2ncno2)n1. The van der Waals surface area contributed by atoms with E-state index in [0.717, 1.165) is 5.82 Å². The Kier molecular flexibility index (Phi) is 2.77. The van der Waals surface area contributed by atoms with Gasteiger partial charge in [-0.05, 0) is 12.1 Å². The molecule has 0 atom stereocenters. The molecular weight excluding hydrogens is 194 g/mol. The summed E-state index contributed by atoms with van der Waals surface area (Å²) in [5.41, 5.74) is 5.53. The lowest BCUT2D eigenvalue weighted by Crippen LogP contribution is -2.07. The number of nitrogens with one attached hydrogen (secondary N) is 1. The van der Waals surface area contributed by atoms with E-state index in [0.29, 0.717) is 24.7 Å². The fraction of sp³-hybridized carbons (Fsp3) is 0.222. The second-order valence-electron chi connectivity index (χ2n) is 2.96. The average molecular weight is 205 g/mol. The zero-order valence-electron chi connectivity index (χ0n) is 8.05. The van der Waals surface area contributed by atoms with Gasteiger partial charge < -0.3 is 15.6 Å². The van der Waals surface area contributed by atoms with E-state index in [2.05, 4.69) is 20.4 Å². The largest absolute Gasteiger partial charge is 0.384 e. The molecule has 2 aromatic rings. The molecule has 0 unspecified atom stereocenters. The van der Waals surface area contributed by atoms with E-state index in [9.17, 15) is 0 Å².